The second-order valence-corrected chi connectivity index (χ2v) is 5.92. The van der Waals surface area contributed by atoms with Gasteiger partial charge in [0.2, 0.25) is 0 Å². The van der Waals surface area contributed by atoms with Gasteiger partial charge in [0.1, 0.15) is 5.41 Å². The molecule has 0 spiro atoms. The zero-order valence-electron chi connectivity index (χ0n) is 12.0. The summed E-state index contributed by atoms with van der Waals surface area (Å²) in [7, 11) is 2.05. The van der Waals surface area contributed by atoms with E-state index in [0.29, 0.717) is 12.6 Å². The van der Waals surface area contributed by atoms with Crippen LogP contribution in [0.15, 0.2) is 0 Å². The van der Waals surface area contributed by atoms with Gasteiger partial charge in [-0.05, 0) is 33.4 Å². The number of ether oxygens (including phenoxy) is 1. The van der Waals surface area contributed by atoms with Gasteiger partial charge in [-0.25, -0.2) is 4.79 Å². The number of hydrogen-bond donors (Lipinski definition) is 3. The van der Waals surface area contributed by atoms with E-state index < -0.39 is 17.4 Å². The summed E-state index contributed by atoms with van der Waals surface area (Å²) in [4.78, 5) is 25.4. The van der Waals surface area contributed by atoms with Crippen molar-refractivity contribution in [2.45, 2.75) is 31.8 Å². The lowest BCUT2D eigenvalue weighted by molar-refractivity contribution is -0.148. The van der Waals surface area contributed by atoms with Crippen LogP contribution in [0.3, 0.4) is 0 Å². The Morgan fingerprint density at radius 2 is 2.25 bits per heavy atom. The predicted molar refractivity (Wildman–Crippen MR) is 72.5 cm³/mol. The molecule has 7 nitrogen and oxygen atoms in total. The lowest BCUT2D eigenvalue weighted by Crippen LogP contribution is -2.53. The molecule has 20 heavy (non-hydrogen) atoms. The van der Waals surface area contributed by atoms with Crippen LogP contribution in [-0.4, -0.2) is 67.4 Å². The summed E-state index contributed by atoms with van der Waals surface area (Å²) in [5.74, 6) is -0.948. The maximum atomic E-state index is 11.9. The number of nitrogens with zero attached hydrogens (tertiary/aromatic N) is 1. The quantitative estimate of drug-likeness (QED) is 0.669. The number of urea groups is 1. The summed E-state index contributed by atoms with van der Waals surface area (Å²) in [6.45, 7) is 3.59. The fourth-order valence-corrected chi connectivity index (χ4v) is 2.74. The second kappa shape index (κ2) is 5.97. The predicted octanol–water partition coefficient (Wildman–Crippen LogP) is -0.130. The third-order valence-electron chi connectivity index (χ3n) is 4.42. The first-order valence-electron chi connectivity index (χ1n) is 6.99. The van der Waals surface area contributed by atoms with E-state index in [1.54, 1.807) is 6.92 Å². The zero-order valence-corrected chi connectivity index (χ0v) is 12.0. The molecule has 0 aromatic rings. The molecule has 0 aromatic heterocycles. The van der Waals surface area contributed by atoms with Gasteiger partial charge in [0.05, 0.1) is 19.3 Å². The van der Waals surface area contributed by atoms with E-state index in [1.807, 2.05) is 7.05 Å². The molecule has 0 aliphatic carbocycles. The summed E-state index contributed by atoms with van der Waals surface area (Å²) in [5, 5.41) is 14.8. The first kappa shape index (κ1) is 15.1. The second-order valence-electron chi connectivity index (χ2n) is 5.92. The van der Waals surface area contributed by atoms with E-state index in [9.17, 15) is 14.7 Å². The Kier molecular flexibility index (Phi) is 4.49. The highest BCUT2D eigenvalue weighted by molar-refractivity contribution is 5.79. The number of carboxylic acids is 1. The maximum absolute atomic E-state index is 11.9. The van der Waals surface area contributed by atoms with E-state index in [2.05, 4.69) is 15.5 Å². The average Bonchev–Trinajstić information content (AvgIpc) is 2.95. The van der Waals surface area contributed by atoms with Crippen molar-refractivity contribution in [3.63, 3.8) is 0 Å². The van der Waals surface area contributed by atoms with Gasteiger partial charge in [0.25, 0.3) is 0 Å². The fraction of sp³-hybridized carbons (Fsp3) is 0.846. The van der Waals surface area contributed by atoms with Crippen molar-refractivity contribution < 1.29 is 19.4 Å². The third-order valence-corrected chi connectivity index (χ3v) is 4.42. The molecular formula is C13H23N3O4. The number of aliphatic carboxylic acids is 1. The van der Waals surface area contributed by atoms with E-state index in [0.717, 1.165) is 19.4 Å². The Labute approximate surface area is 118 Å². The first-order valence-corrected chi connectivity index (χ1v) is 6.99. The molecule has 0 aromatic carbocycles. The van der Waals surface area contributed by atoms with Crippen LogP contribution in [0.25, 0.3) is 0 Å². The summed E-state index contributed by atoms with van der Waals surface area (Å²) >= 11 is 0. The van der Waals surface area contributed by atoms with Gasteiger partial charge < -0.3 is 25.4 Å². The Morgan fingerprint density at radius 1 is 1.50 bits per heavy atom. The molecule has 0 saturated carbocycles. The molecule has 2 saturated heterocycles. The molecule has 0 radical (unpaired) electrons. The van der Waals surface area contributed by atoms with Crippen LogP contribution < -0.4 is 10.6 Å². The van der Waals surface area contributed by atoms with E-state index in [1.165, 1.54) is 0 Å². The number of carbonyl (C=O) groups excluding carboxylic acids is 1. The number of likely N-dealkylation sites (N-methyl/N-ethyl adjacent to an activating group) is 1. The number of carboxylic acid groups (broad SMARTS) is 1. The number of carbonyl (C=O) groups is 2. The van der Waals surface area contributed by atoms with Gasteiger partial charge in [-0.3, -0.25) is 4.79 Å². The van der Waals surface area contributed by atoms with Crippen LogP contribution in [0.2, 0.25) is 0 Å². The van der Waals surface area contributed by atoms with Gasteiger partial charge in [0, 0.05) is 12.6 Å². The number of nitrogens with one attached hydrogen (secondary N) is 2. The summed E-state index contributed by atoms with van der Waals surface area (Å²) < 4.78 is 5.20. The van der Waals surface area contributed by atoms with E-state index in [-0.39, 0.29) is 19.2 Å². The highest BCUT2D eigenvalue weighted by Gasteiger charge is 2.47. The molecular weight excluding hydrogens is 262 g/mol. The standard InChI is InChI=1S/C13H23N3O4/c1-13(11(17)18)8-20-7-10(13)15-12(19)14-6-9-4-3-5-16(9)2/h9-10H,3-8H2,1-2H3,(H,17,18)(H2,14,15,19). The number of hydrogen-bond acceptors (Lipinski definition) is 4. The molecule has 2 aliphatic heterocycles. The first-order chi connectivity index (χ1) is 9.43. The number of likely N-dealkylation sites (tertiary alicyclic amines) is 1. The molecule has 2 amide bonds. The highest BCUT2D eigenvalue weighted by Crippen LogP contribution is 2.28. The smallest absolute Gasteiger partial charge is 0.315 e. The van der Waals surface area contributed by atoms with Crippen molar-refractivity contribution in [3.05, 3.63) is 0 Å². The van der Waals surface area contributed by atoms with Crippen LogP contribution in [0.5, 0.6) is 0 Å². The molecule has 2 heterocycles. The molecule has 2 rings (SSSR count). The van der Waals surface area contributed by atoms with Crippen LogP contribution in [0, 0.1) is 5.41 Å². The van der Waals surface area contributed by atoms with Gasteiger partial charge in [-0.15, -0.1) is 0 Å². The Bertz CT molecular complexity index is 390. The minimum absolute atomic E-state index is 0.124. The van der Waals surface area contributed by atoms with Crippen molar-refractivity contribution in [2.75, 3.05) is 33.4 Å². The molecule has 0 bridgehead atoms. The Hall–Kier alpha value is -1.34. The van der Waals surface area contributed by atoms with Crippen LogP contribution in [0.1, 0.15) is 19.8 Å². The minimum Gasteiger partial charge on any atom is -0.481 e. The lowest BCUT2D eigenvalue weighted by Gasteiger charge is -2.26. The SMILES string of the molecule is CN1CCCC1CNC(=O)NC1COCC1(C)C(=O)O. The lowest BCUT2D eigenvalue weighted by atomic mass is 9.85. The summed E-state index contributed by atoms with van der Waals surface area (Å²) in [6, 6.07) is -0.457. The summed E-state index contributed by atoms with van der Waals surface area (Å²) in [5.41, 5.74) is -1.05. The normalized spacial score (nSPS) is 34.1. The average molecular weight is 285 g/mol. The van der Waals surface area contributed by atoms with Crippen LogP contribution in [0.4, 0.5) is 4.79 Å². The van der Waals surface area contributed by atoms with E-state index in [4.69, 9.17) is 4.74 Å². The molecule has 7 heteroatoms. The van der Waals surface area contributed by atoms with Crippen LogP contribution in [-0.2, 0) is 9.53 Å². The molecule has 3 atom stereocenters. The van der Waals surface area contributed by atoms with Crippen molar-refractivity contribution in [2.24, 2.45) is 5.41 Å². The molecule has 2 fully saturated rings. The van der Waals surface area contributed by atoms with Crippen molar-refractivity contribution in [1.29, 1.82) is 0 Å². The molecule has 114 valence electrons. The largest absolute Gasteiger partial charge is 0.481 e. The Balaban J connectivity index is 1.81. The molecule has 3 unspecified atom stereocenters. The van der Waals surface area contributed by atoms with Gasteiger partial charge in [-0.2, -0.15) is 0 Å². The van der Waals surface area contributed by atoms with Crippen LogP contribution >= 0.6 is 0 Å². The van der Waals surface area contributed by atoms with Gasteiger partial charge in [-0.1, -0.05) is 0 Å². The van der Waals surface area contributed by atoms with Gasteiger partial charge in [0.15, 0.2) is 0 Å². The monoisotopic (exact) mass is 285 g/mol. The Morgan fingerprint density at radius 3 is 2.85 bits per heavy atom. The fourth-order valence-electron chi connectivity index (χ4n) is 2.74. The van der Waals surface area contributed by atoms with Crippen molar-refractivity contribution in [3.8, 4) is 0 Å². The highest BCUT2D eigenvalue weighted by atomic mass is 16.5. The number of amides is 2. The maximum Gasteiger partial charge on any atom is 0.315 e. The molecule has 2 aliphatic rings. The summed E-state index contributed by atoms with van der Waals surface area (Å²) in [6.07, 6.45) is 2.23. The van der Waals surface area contributed by atoms with E-state index >= 15 is 0 Å². The number of rotatable bonds is 4. The van der Waals surface area contributed by atoms with Crippen molar-refractivity contribution in [1.82, 2.24) is 15.5 Å². The zero-order chi connectivity index (χ0) is 14.8. The van der Waals surface area contributed by atoms with Gasteiger partial charge >= 0.3 is 12.0 Å². The minimum atomic E-state index is -1.05. The molecule has 3 N–H and O–H groups in total. The third kappa shape index (κ3) is 3.04. The topological polar surface area (TPSA) is 90.9 Å². The van der Waals surface area contributed by atoms with Crippen molar-refractivity contribution >= 4 is 12.0 Å².